The fourth-order valence-corrected chi connectivity index (χ4v) is 3.12. The minimum Gasteiger partial charge on any atom is -0.340 e. The molecular weight excluding hydrogens is 278 g/mol. The van der Waals surface area contributed by atoms with Crippen LogP contribution in [0.5, 0.6) is 0 Å². The smallest absolute Gasteiger partial charge is 0.225 e. The molecule has 1 fully saturated rings. The van der Waals surface area contributed by atoms with Crippen molar-refractivity contribution in [3.63, 3.8) is 0 Å². The Morgan fingerprint density at radius 1 is 1.05 bits per heavy atom. The van der Waals surface area contributed by atoms with Crippen LogP contribution in [0.2, 0.25) is 0 Å². The fourth-order valence-electron chi connectivity index (χ4n) is 3.12. The zero-order valence-corrected chi connectivity index (χ0v) is 12.4. The van der Waals surface area contributed by atoms with Crippen LogP contribution in [0.15, 0.2) is 30.9 Å². The van der Waals surface area contributed by atoms with Crippen molar-refractivity contribution in [2.24, 2.45) is 7.05 Å². The number of aryl methyl sites for hydroxylation is 1. The molecule has 0 aromatic carbocycles. The number of nitrogens with zero attached hydrogens (tertiary/aromatic N) is 7. The van der Waals surface area contributed by atoms with Gasteiger partial charge in [0.05, 0.1) is 5.69 Å². The average Bonchev–Trinajstić information content (AvgIpc) is 2.93. The summed E-state index contributed by atoms with van der Waals surface area (Å²) < 4.78 is 1.82. The molecule has 1 aliphatic rings. The third-order valence-corrected chi connectivity index (χ3v) is 4.13. The molecule has 0 amide bonds. The summed E-state index contributed by atoms with van der Waals surface area (Å²) in [6, 6.07) is 1.84. The van der Waals surface area contributed by atoms with Crippen LogP contribution in [0.1, 0.15) is 24.5 Å². The predicted molar refractivity (Wildman–Crippen MR) is 82.5 cm³/mol. The minimum atomic E-state index is 0.331. The summed E-state index contributed by atoms with van der Waals surface area (Å²) in [4.78, 5) is 19.8. The van der Waals surface area contributed by atoms with Gasteiger partial charge in [-0.05, 0) is 18.9 Å². The first-order valence-corrected chi connectivity index (χ1v) is 7.48. The predicted octanol–water partition coefficient (Wildman–Crippen LogP) is 1.54. The number of fused-ring (bicyclic) bond motifs is 1. The van der Waals surface area contributed by atoms with Gasteiger partial charge >= 0.3 is 0 Å². The summed E-state index contributed by atoms with van der Waals surface area (Å²) in [6.45, 7) is 1.85. The summed E-state index contributed by atoms with van der Waals surface area (Å²) in [5.74, 6) is 1.12. The van der Waals surface area contributed by atoms with Gasteiger partial charge in [-0.2, -0.15) is 5.10 Å². The molecule has 7 nitrogen and oxygen atoms in total. The highest BCUT2D eigenvalue weighted by molar-refractivity contribution is 5.73. The van der Waals surface area contributed by atoms with Gasteiger partial charge in [-0.15, -0.1) is 0 Å². The van der Waals surface area contributed by atoms with Gasteiger partial charge in [-0.25, -0.2) is 24.6 Å². The lowest BCUT2D eigenvalue weighted by Gasteiger charge is -2.31. The number of aromatic nitrogens is 6. The number of anilines is 1. The quantitative estimate of drug-likeness (QED) is 0.714. The van der Waals surface area contributed by atoms with E-state index in [9.17, 15) is 0 Å². The van der Waals surface area contributed by atoms with Crippen LogP contribution in [-0.2, 0) is 7.05 Å². The van der Waals surface area contributed by atoms with Gasteiger partial charge in [-0.1, -0.05) is 0 Å². The second-order valence-electron chi connectivity index (χ2n) is 5.57. The zero-order valence-electron chi connectivity index (χ0n) is 12.4. The third kappa shape index (κ3) is 2.18. The molecule has 0 bridgehead atoms. The van der Waals surface area contributed by atoms with Gasteiger partial charge in [0.1, 0.15) is 5.52 Å². The molecule has 0 radical (unpaired) electrons. The lowest BCUT2D eigenvalue weighted by atomic mass is 9.94. The van der Waals surface area contributed by atoms with Gasteiger partial charge in [0, 0.05) is 50.8 Å². The number of hydrogen-bond donors (Lipinski definition) is 0. The highest BCUT2D eigenvalue weighted by Gasteiger charge is 2.27. The molecule has 1 atom stereocenters. The van der Waals surface area contributed by atoms with Gasteiger partial charge in [0.25, 0.3) is 0 Å². The van der Waals surface area contributed by atoms with Crippen molar-refractivity contribution in [1.29, 1.82) is 0 Å². The first-order valence-electron chi connectivity index (χ1n) is 7.48. The molecule has 1 saturated heterocycles. The lowest BCUT2D eigenvalue weighted by molar-refractivity contribution is 0.492. The summed E-state index contributed by atoms with van der Waals surface area (Å²) >= 11 is 0. The van der Waals surface area contributed by atoms with E-state index in [2.05, 4.69) is 29.9 Å². The molecule has 0 saturated carbocycles. The molecule has 3 aromatic heterocycles. The van der Waals surface area contributed by atoms with Gasteiger partial charge in [0.15, 0.2) is 5.65 Å². The second-order valence-corrected chi connectivity index (χ2v) is 5.57. The van der Waals surface area contributed by atoms with Crippen LogP contribution in [0.25, 0.3) is 11.2 Å². The van der Waals surface area contributed by atoms with E-state index in [1.807, 2.05) is 17.8 Å². The van der Waals surface area contributed by atoms with Crippen LogP contribution in [0.4, 0.5) is 5.95 Å². The molecule has 0 N–H and O–H groups in total. The molecule has 7 heteroatoms. The molecule has 4 heterocycles. The van der Waals surface area contributed by atoms with E-state index in [1.165, 1.54) is 0 Å². The monoisotopic (exact) mass is 295 g/mol. The molecule has 0 aliphatic carbocycles. The fraction of sp³-hybridized carbons (Fsp3) is 0.400. The van der Waals surface area contributed by atoms with E-state index < -0.39 is 0 Å². The maximum absolute atomic E-state index is 4.67. The van der Waals surface area contributed by atoms with Crippen molar-refractivity contribution in [1.82, 2.24) is 29.7 Å². The maximum Gasteiger partial charge on any atom is 0.225 e. The molecule has 1 aliphatic heterocycles. The van der Waals surface area contributed by atoms with Crippen molar-refractivity contribution in [3.8, 4) is 0 Å². The van der Waals surface area contributed by atoms with Crippen molar-refractivity contribution in [2.75, 3.05) is 18.0 Å². The minimum absolute atomic E-state index is 0.331. The van der Waals surface area contributed by atoms with E-state index in [4.69, 9.17) is 0 Å². The number of piperidine rings is 1. The highest BCUT2D eigenvalue weighted by atomic mass is 15.3. The molecule has 1 unspecified atom stereocenters. The van der Waals surface area contributed by atoms with Crippen LogP contribution in [0, 0.1) is 0 Å². The Kier molecular flexibility index (Phi) is 3.17. The molecular formula is C15H17N7. The van der Waals surface area contributed by atoms with Crippen LogP contribution >= 0.6 is 0 Å². The zero-order chi connectivity index (χ0) is 14.9. The summed E-state index contributed by atoms with van der Waals surface area (Å²) in [5, 5.41) is 4.67. The number of rotatable bonds is 2. The van der Waals surface area contributed by atoms with Crippen LogP contribution in [0.3, 0.4) is 0 Å². The SMILES string of the molecule is Cn1nc(C2CCCN(c3ncccn3)C2)c2nccnc21. The topological polar surface area (TPSA) is 72.6 Å². The summed E-state index contributed by atoms with van der Waals surface area (Å²) in [5.41, 5.74) is 2.78. The Morgan fingerprint density at radius 2 is 1.86 bits per heavy atom. The molecule has 3 aromatic rings. The first-order chi connectivity index (χ1) is 10.8. The Hall–Kier alpha value is -2.57. The molecule has 22 heavy (non-hydrogen) atoms. The van der Waals surface area contributed by atoms with E-state index in [1.54, 1.807) is 24.8 Å². The highest BCUT2D eigenvalue weighted by Crippen LogP contribution is 2.30. The normalized spacial score (nSPS) is 18.8. The van der Waals surface area contributed by atoms with Crippen molar-refractivity contribution in [3.05, 3.63) is 36.5 Å². The van der Waals surface area contributed by atoms with Crippen molar-refractivity contribution < 1.29 is 0 Å². The average molecular weight is 295 g/mol. The summed E-state index contributed by atoms with van der Waals surface area (Å²) in [7, 11) is 1.92. The Balaban J connectivity index is 1.67. The molecule has 112 valence electrons. The van der Waals surface area contributed by atoms with Crippen LogP contribution in [-0.4, -0.2) is 42.8 Å². The third-order valence-electron chi connectivity index (χ3n) is 4.13. The summed E-state index contributed by atoms with van der Waals surface area (Å²) in [6.07, 6.45) is 9.21. The second kappa shape index (κ2) is 5.32. The largest absolute Gasteiger partial charge is 0.340 e. The molecule has 4 rings (SSSR count). The van der Waals surface area contributed by atoms with Crippen molar-refractivity contribution >= 4 is 17.1 Å². The number of hydrogen-bond acceptors (Lipinski definition) is 6. The van der Waals surface area contributed by atoms with E-state index in [-0.39, 0.29) is 0 Å². The van der Waals surface area contributed by atoms with Crippen LogP contribution < -0.4 is 4.90 Å². The Labute approximate surface area is 128 Å². The standard InChI is InChI=1S/C15H17N7/c1-21-14-13(16-7-8-17-14)12(20-21)11-4-2-9-22(10-11)15-18-5-3-6-19-15/h3,5-8,11H,2,4,9-10H2,1H3. The van der Waals surface area contributed by atoms with E-state index in [0.717, 1.165) is 48.7 Å². The Morgan fingerprint density at radius 3 is 2.73 bits per heavy atom. The molecule has 0 spiro atoms. The van der Waals surface area contributed by atoms with Crippen molar-refractivity contribution in [2.45, 2.75) is 18.8 Å². The van der Waals surface area contributed by atoms with Gasteiger partial charge in [0.2, 0.25) is 5.95 Å². The van der Waals surface area contributed by atoms with E-state index in [0.29, 0.717) is 5.92 Å². The van der Waals surface area contributed by atoms with E-state index >= 15 is 0 Å². The van der Waals surface area contributed by atoms with Gasteiger partial charge < -0.3 is 4.90 Å². The Bertz CT molecular complexity index is 783. The maximum atomic E-state index is 4.67. The van der Waals surface area contributed by atoms with Gasteiger partial charge in [-0.3, -0.25) is 0 Å². The lowest BCUT2D eigenvalue weighted by Crippen LogP contribution is -2.35. The first kappa shape index (κ1) is 13.1.